The van der Waals surface area contributed by atoms with Crippen LogP contribution in [0.15, 0.2) is 30.3 Å². The monoisotopic (exact) mass is 433 g/mol. The Kier molecular flexibility index (Phi) is 5.95. The first-order chi connectivity index (χ1) is 9.93. The highest BCUT2D eigenvalue weighted by molar-refractivity contribution is 14.1. The Hall–Kier alpha value is -0.290. The van der Waals surface area contributed by atoms with Gasteiger partial charge in [-0.15, -0.1) is 0 Å². The van der Waals surface area contributed by atoms with E-state index in [2.05, 4.69) is 60.0 Å². The molecule has 1 unspecified atom stereocenters. The summed E-state index contributed by atoms with van der Waals surface area (Å²) in [5.41, 5.74) is 4.70. The van der Waals surface area contributed by atoms with Crippen LogP contribution in [-0.4, -0.2) is 6.54 Å². The second kappa shape index (κ2) is 7.32. The molecule has 0 bridgehead atoms. The first-order valence-corrected chi connectivity index (χ1v) is 8.72. The molecule has 4 heteroatoms. The Morgan fingerprint density at radius 1 is 1.05 bits per heavy atom. The summed E-state index contributed by atoms with van der Waals surface area (Å²) >= 11 is 14.7. The maximum Gasteiger partial charge on any atom is 0.0579 e. The summed E-state index contributed by atoms with van der Waals surface area (Å²) in [7, 11) is 0. The molecule has 0 amide bonds. The number of nitrogens with one attached hydrogen (secondary N) is 1. The molecule has 0 aliphatic heterocycles. The molecule has 0 saturated heterocycles. The molecule has 0 heterocycles. The van der Waals surface area contributed by atoms with Gasteiger partial charge in [0.25, 0.3) is 0 Å². The van der Waals surface area contributed by atoms with Crippen molar-refractivity contribution in [2.75, 3.05) is 6.54 Å². The van der Waals surface area contributed by atoms with E-state index in [9.17, 15) is 0 Å². The molecule has 0 saturated carbocycles. The lowest BCUT2D eigenvalue weighted by Crippen LogP contribution is -2.23. The number of rotatable bonds is 4. The Morgan fingerprint density at radius 3 is 2.38 bits per heavy atom. The van der Waals surface area contributed by atoms with Crippen molar-refractivity contribution in [2.24, 2.45) is 0 Å². The van der Waals surface area contributed by atoms with Crippen molar-refractivity contribution in [3.8, 4) is 0 Å². The van der Waals surface area contributed by atoms with E-state index in [0.29, 0.717) is 0 Å². The molecule has 0 fully saturated rings. The second-order valence-electron chi connectivity index (χ2n) is 5.12. The minimum Gasteiger partial charge on any atom is -0.307 e. The summed E-state index contributed by atoms with van der Waals surface area (Å²) in [4.78, 5) is 0. The molecule has 2 aromatic rings. The van der Waals surface area contributed by atoms with Gasteiger partial charge in [-0.1, -0.05) is 42.3 Å². The van der Waals surface area contributed by atoms with Gasteiger partial charge in [-0.3, -0.25) is 0 Å². The van der Waals surface area contributed by atoms with Gasteiger partial charge in [-0.25, -0.2) is 0 Å². The van der Waals surface area contributed by atoms with Gasteiger partial charge in [0.2, 0.25) is 0 Å². The zero-order valence-corrected chi connectivity index (χ0v) is 16.0. The summed E-state index contributed by atoms with van der Waals surface area (Å²) < 4.78 is 1.07. The van der Waals surface area contributed by atoms with Gasteiger partial charge in [0.15, 0.2) is 0 Å². The van der Waals surface area contributed by atoms with Crippen LogP contribution in [0.2, 0.25) is 10.0 Å². The fraction of sp³-hybridized carbons (Fsp3) is 0.294. The van der Waals surface area contributed by atoms with Crippen LogP contribution in [0.1, 0.15) is 35.2 Å². The first-order valence-electron chi connectivity index (χ1n) is 6.89. The van der Waals surface area contributed by atoms with E-state index in [1.165, 1.54) is 16.7 Å². The van der Waals surface area contributed by atoms with Crippen LogP contribution in [-0.2, 0) is 0 Å². The summed E-state index contributed by atoms with van der Waals surface area (Å²) in [6, 6.07) is 10.5. The van der Waals surface area contributed by atoms with Gasteiger partial charge in [0.05, 0.1) is 11.1 Å². The number of hydrogen-bond acceptors (Lipinski definition) is 1. The molecule has 0 aliphatic rings. The van der Waals surface area contributed by atoms with Gasteiger partial charge in [-0.05, 0) is 83.4 Å². The highest BCUT2D eigenvalue weighted by atomic mass is 127. The predicted octanol–water partition coefficient (Wildman–Crippen LogP) is 5.91. The summed E-state index contributed by atoms with van der Waals surface area (Å²) in [6.45, 7) is 7.13. The van der Waals surface area contributed by atoms with Crippen LogP contribution in [0.4, 0.5) is 0 Å². The first kappa shape index (κ1) is 17.1. The average Bonchev–Trinajstić information content (AvgIpc) is 2.44. The molecule has 0 aromatic heterocycles. The molecule has 0 spiro atoms. The second-order valence-corrected chi connectivity index (χ2v) is 7.10. The molecular weight excluding hydrogens is 416 g/mol. The van der Waals surface area contributed by atoms with Gasteiger partial charge in [0.1, 0.15) is 0 Å². The largest absolute Gasteiger partial charge is 0.307 e. The van der Waals surface area contributed by atoms with Crippen molar-refractivity contribution in [3.63, 3.8) is 0 Å². The van der Waals surface area contributed by atoms with E-state index in [1.807, 2.05) is 19.1 Å². The molecule has 1 atom stereocenters. The Bertz CT molecular complexity index is 655. The Morgan fingerprint density at radius 2 is 1.76 bits per heavy atom. The highest BCUT2D eigenvalue weighted by Crippen LogP contribution is 2.31. The van der Waals surface area contributed by atoms with Crippen molar-refractivity contribution >= 4 is 45.8 Å². The standard InChI is InChI=1S/C17H18Cl2IN/c1-4-21-17(12-5-6-16(20)15(19)9-12)13-7-11(3)14(18)8-10(13)2/h5-9,17,21H,4H2,1-3H3. The maximum atomic E-state index is 6.29. The third kappa shape index (κ3) is 3.92. The molecule has 1 nitrogen and oxygen atoms in total. The molecule has 1 N–H and O–H groups in total. The molecule has 0 radical (unpaired) electrons. The minimum atomic E-state index is 0.125. The van der Waals surface area contributed by atoms with Crippen LogP contribution < -0.4 is 5.32 Å². The highest BCUT2D eigenvalue weighted by Gasteiger charge is 2.17. The lowest BCUT2D eigenvalue weighted by Gasteiger charge is -2.22. The lowest BCUT2D eigenvalue weighted by molar-refractivity contribution is 0.627. The van der Waals surface area contributed by atoms with Crippen LogP contribution in [0.5, 0.6) is 0 Å². The third-order valence-electron chi connectivity index (χ3n) is 3.54. The van der Waals surface area contributed by atoms with Crippen molar-refractivity contribution in [3.05, 3.63) is 66.2 Å². The Labute approximate surface area is 150 Å². The molecule has 2 aromatic carbocycles. The van der Waals surface area contributed by atoms with E-state index < -0.39 is 0 Å². The van der Waals surface area contributed by atoms with Crippen LogP contribution in [0.25, 0.3) is 0 Å². The normalized spacial score (nSPS) is 12.5. The van der Waals surface area contributed by atoms with Crippen molar-refractivity contribution < 1.29 is 0 Å². The van der Waals surface area contributed by atoms with Crippen molar-refractivity contribution in [1.29, 1.82) is 0 Å². The van der Waals surface area contributed by atoms with E-state index in [-0.39, 0.29) is 6.04 Å². The summed E-state index contributed by atoms with van der Waals surface area (Å²) in [5, 5.41) is 5.15. The summed E-state index contributed by atoms with van der Waals surface area (Å²) in [5.74, 6) is 0. The topological polar surface area (TPSA) is 12.0 Å². The SMILES string of the molecule is CCNC(c1ccc(I)c(Cl)c1)c1cc(C)c(Cl)cc1C. The molecular formula is C17H18Cl2IN. The molecule has 2 rings (SSSR count). The third-order valence-corrected chi connectivity index (χ3v) is 5.52. The van der Waals surface area contributed by atoms with Gasteiger partial charge in [0, 0.05) is 8.59 Å². The van der Waals surface area contributed by atoms with Gasteiger partial charge in [-0.2, -0.15) is 0 Å². The smallest absolute Gasteiger partial charge is 0.0579 e. The van der Waals surface area contributed by atoms with Crippen LogP contribution in [0, 0.1) is 17.4 Å². The molecule has 0 aliphatic carbocycles. The van der Waals surface area contributed by atoms with E-state index in [1.54, 1.807) is 0 Å². The lowest BCUT2D eigenvalue weighted by atomic mass is 9.93. The van der Waals surface area contributed by atoms with Crippen LogP contribution >= 0.6 is 45.8 Å². The predicted molar refractivity (Wildman–Crippen MR) is 101 cm³/mol. The average molecular weight is 434 g/mol. The Balaban J connectivity index is 2.52. The number of halogens is 3. The quantitative estimate of drug-likeness (QED) is 0.590. The fourth-order valence-corrected chi connectivity index (χ4v) is 3.16. The zero-order chi connectivity index (χ0) is 15.6. The van der Waals surface area contributed by atoms with Crippen molar-refractivity contribution in [1.82, 2.24) is 5.32 Å². The minimum absolute atomic E-state index is 0.125. The zero-order valence-electron chi connectivity index (χ0n) is 12.3. The van der Waals surface area contributed by atoms with E-state index in [0.717, 1.165) is 25.7 Å². The maximum absolute atomic E-state index is 6.29. The molecule has 112 valence electrons. The van der Waals surface area contributed by atoms with Crippen molar-refractivity contribution in [2.45, 2.75) is 26.8 Å². The molecule has 21 heavy (non-hydrogen) atoms. The van der Waals surface area contributed by atoms with E-state index >= 15 is 0 Å². The fourth-order valence-electron chi connectivity index (χ4n) is 2.42. The van der Waals surface area contributed by atoms with Gasteiger partial charge < -0.3 is 5.32 Å². The number of hydrogen-bond donors (Lipinski definition) is 1. The van der Waals surface area contributed by atoms with Crippen LogP contribution in [0.3, 0.4) is 0 Å². The summed E-state index contributed by atoms with van der Waals surface area (Å²) in [6.07, 6.45) is 0. The number of benzene rings is 2. The number of aryl methyl sites for hydroxylation is 2. The van der Waals surface area contributed by atoms with Gasteiger partial charge >= 0.3 is 0 Å². The van der Waals surface area contributed by atoms with E-state index in [4.69, 9.17) is 23.2 Å².